The Balaban J connectivity index is 1.97. The van der Waals surface area contributed by atoms with Gasteiger partial charge < -0.3 is 10.6 Å². The number of piperazine rings is 1. The van der Waals surface area contributed by atoms with Crippen LogP contribution in [0.1, 0.15) is 32.3 Å². The van der Waals surface area contributed by atoms with E-state index in [1.165, 1.54) is 5.56 Å². The van der Waals surface area contributed by atoms with Gasteiger partial charge in [0.05, 0.1) is 6.54 Å². The Kier molecular flexibility index (Phi) is 5.15. The van der Waals surface area contributed by atoms with Crippen molar-refractivity contribution in [1.29, 1.82) is 0 Å². The summed E-state index contributed by atoms with van der Waals surface area (Å²) in [4.78, 5) is 14.5. The van der Waals surface area contributed by atoms with E-state index in [0.29, 0.717) is 18.5 Å². The number of rotatable bonds is 4. The smallest absolute Gasteiger partial charge is 0.238 e. The molecule has 2 rings (SSSR count). The molecule has 0 radical (unpaired) electrons. The van der Waals surface area contributed by atoms with Crippen molar-refractivity contribution in [1.82, 2.24) is 10.2 Å². The van der Waals surface area contributed by atoms with E-state index in [4.69, 9.17) is 0 Å². The number of nitrogens with zero attached hydrogens (tertiary/aromatic N) is 1. The Bertz CT molecular complexity index is 459. The van der Waals surface area contributed by atoms with Crippen molar-refractivity contribution >= 4 is 11.6 Å². The molecule has 4 nitrogen and oxygen atoms in total. The number of nitrogens with one attached hydrogen (secondary N) is 2. The van der Waals surface area contributed by atoms with E-state index in [9.17, 15) is 4.79 Å². The minimum Gasteiger partial charge on any atom is -0.325 e. The van der Waals surface area contributed by atoms with Gasteiger partial charge in [0.2, 0.25) is 5.91 Å². The highest BCUT2D eigenvalue weighted by Gasteiger charge is 2.20. The van der Waals surface area contributed by atoms with Gasteiger partial charge in [-0.1, -0.05) is 32.0 Å². The monoisotopic (exact) mass is 275 g/mol. The first kappa shape index (κ1) is 15.0. The van der Waals surface area contributed by atoms with Crippen molar-refractivity contribution in [3.8, 4) is 0 Å². The first-order valence-corrected chi connectivity index (χ1v) is 7.41. The summed E-state index contributed by atoms with van der Waals surface area (Å²) < 4.78 is 0. The number of amides is 1. The predicted octanol–water partition coefficient (Wildman–Crippen LogP) is 2.04. The van der Waals surface area contributed by atoms with Crippen LogP contribution in [0.4, 0.5) is 5.69 Å². The van der Waals surface area contributed by atoms with Crippen LogP contribution in [0.3, 0.4) is 0 Å². The highest BCUT2D eigenvalue weighted by atomic mass is 16.2. The van der Waals surface area contributed by atoms with Crippen molar-refractivity contribution in [2.24, 2.45) is 0 Å². The third-order valence-electron chi connectivity index (χ3n) is 3.84. The second-order valence-electron chi connectivity index (χ2n) is 5.81. The van der Waals surface area contributed by atoms with Crippen molar-refractivity contribution in [3.63, 3.8) is 0 Å². The number of para-hydroxylation sites is 1. The molecule has 1 amide bonds. The number of carbonyl (C=O) groups is 1. The zero-order chi connectivity index (χ0) is 14.5. The zero-order valence-corrected chi connectivity index (χ0v) is 12.6. The number of hydrogen-bond acceptors (Lipinski definition) is 3. The van der Waals surface area contributed by atoms with Crippen molar-refractivity contribution in [3.05, 3.63) is 29.8 Å². The van der Waals surface area contributed by atoms with Crippen LogP contribution in [0.25, 0.3) is 0 Å². The molecular formula is C16H25N3O. The Morgan fingerprint density at radius 1 is 1.45 bits per heavy atom. The van der Waals surface area contributed by atoms with Crippen LogP contribution in [0.2, 0.25) is 0 Å². The molecular weight excluding hydrogens is 250 g/mol. The summed E-state index contributed by atoms with van der Waals surface area (Å²) in [5.41, 5.74) is 2.13. The van der Waals surface area contributed by atoms with Crippen LogP contribution in [-0.2, 0) is 4.79 Å². The SMILES string of the molecule is CC(C)c1ccccc1NC(=O)CN1CCNC[C@@H]1C. The van der Waals surface area contributed by atoms with E-state index in [-0.39, 0.29) is 5.91 Å². The molecule has 0 aliphatic carbocycles. The fraction of sp³-hybridized carbons (Fsp3) is 0.562. The minimum absolute atomic E-state index is 0.0758. The standard InChI is InChI=1S/C16H25N3O/c1-12(2)14-6-4-5-7-15(14)18-16(20)11-19-9-8-17-10-13(19)3/h4-7,12-13,17H,8-11H2,1-3H3,(H,18,20)/t13-/m0/s1. The number of benzene rings is 1. The molecule has 20 heavy (non-hydrogen) atoms. The quantitative estimate of drug-likeness (QED) is 0.884. The summed E-state index contributed by atoms with van der Waals surface area (Å²) in [5.74, 6) is 0.483. The van der Waals surface area contributed by atoms with Crippen LogP contribution in [-0.4, -0.2) is 43.0 Å². The molecule has 1 heterocycles. The Morgan fingerprint density at radius 2 is 2.20 bits per heavy atom. The average molecular weight is 275 g/mol. The average Bonchev–Trinajstić information content (AvgIpc) is 2.41. The predicted molar refractivity (Wildman–Crippen MR) is 83.1 cm³/mol. The number of carbonyl (C=O) groups excluding carboxylic acids is 1. The number of hydrogen-bond donors (Lipinski definition) is 2. The Hall–Kier alpha value is -1.39. The molecule has 1 atom stereocenters. The molecule has 1 aromatic rings. The van der Waals surface area contributed by atoms with Crippen molar-refractivity contribution in [2.75, 3.05) is 31.5 Å². The van der Waals surface area contributed by atoms with E-state index >= 15 is 0 Å². The van der Waals surface area contributed by atoms with Crippen molar-refractivity contribution < 1.29 is 4.79 Å². The van der Waals surface area contributed by atoms with Crippen LogP contribution >= 0.6 is 0 Å². The van der Waals surface area contributed by atoms with E-state index < -0.39 is 0 Å². The minimum atomic E-state index is 0.0758. The van der Waals surface area contributed by atoms with Crippen LogP contribution in [0.5, 0.6) is 0 Å². The molecule has 1 fully saturated rings. The van der Waals surface area contributed by atoms with Crippen LogP contribution in [0, 0.1) is 0 Å². The van der Waals surface area contributed by atoms with Crippen LogP contribution in [0.15, 0.2) is 24.3 Å². The zero-order valence-electron chi connectivity index (χ0n) is 12.6. The summed E-state index contributed by atoms with van der Waals surface area (Å²) in [6.07, 6.45) is 0. The molecule has 1 saturated heterocycles. The maximum Gasteiger partial charge on any atom is 0.238 e. The van der Waals surface area contributed by atoms with Gasteiger partial charge in [0.25, 0.3) is 0 Å². The van der Waals surface area contributed by atoms with Crippen molar-refractivity contribution in [2.45, 2.75) is 32.7 Å². The molecule has 0 bridgehead atoms. The van der Waals surface area contributed by atoms with Gasteiger partial charge in [0.15, 0.2) is 0 Å². The second kappa shape index (κ2) is 6.86. The largest absolute Gasteiger partial charge is 0.325 e. The third kappa shape index (κ3) is 3.81. The molecule has 2 N–H and O–H groups in total. The summed E-state index contributed by atoms with van der Waals surface area (Å²) in [6, 6.07) is 8.45. The normalized spacial score (nSPS) is 20.1. The van der Waals surface area contributed by atoms with Gasteiger partial charge in [-0.05, 0) is 24.5 Å². The highest BCUT2D eigenvalue weighted by molar-refractivity contribution is 5.93. The van der Waals surface area contributed by atoms with Gasteiger partial charge in [-0.15, -0.1) is 0 Å². The fourth-order valence-electron chi connectivity index (χ4n) is 2.61. The van der Waals surface area contributed by atoms with Gasteiger partial charge >= 0.3 is 0 Å². The molecule has 0 unspecified atom stereocenters. The molecule has 0 aromatic heterocycles. The maximum atomic E-state index is 12.2. The molecule has 1 aliphatic rings. The van der Waals surface area contributed by atoms with Gasteiger partial charge in [0, 0.05) is 31.4 Å². The van der Waals surface area contributed by atoms with Crippen LogP contribution < -0.4 is 10.6 Å². The molecule has 0 saturated carbocycles. The summed E-state index contributed by atoms with van der Waals surface area (Å²) in [5, 5.41) is 6.40. The summed E-state index contributed by atoms with van der Waals surface area (Å²) >= 11 is 0. The fourth-order valence-corrected chi connectivity index (χ4v) is 2.61. The lowest BCUT2D eigenvalue weighted by atomic mass is 10.0. The first-order chi connectivity index (χ1) is 9.58. The van der Waals surface area contributed by atoms with Gasteiger partial charge in [0.1, 0.15) is 0 Å². The highest BCUT2D eigenvalue weighted by Crippen LogP contribution is 2.23. The number of anilines is 1. The summed E-state index contributed by atoms with van der Waals surface area (Å²) in [7, 11) is 0. The Morgan fingerprint density at radius 3 is 2.90 bits per heavy atom. The van der Waals surface area contributed by atoms with E-state index in [2.05, 4.69) is 42.4 Å². The lowest BCUT2D eigenvalue weighted by molar-refractivity contribution is -0.118. The first-order valence-electron chi connectivity index (χ1n) is 7.41. The van der Waals surface area contributed by atoms with E-state index in [1.807, 2.05) is 18.2 Å². The van der Waals surface area contributed by atoms with E-state index in [1.54, 1.807) is 0 Å². The molecule has 1 aromatic carbocycles. The lowest BCUT2D eigenvalue weighted by Gasteiger charge is -2.33. The van der Waals surface area contributed by atoms with Gasteiger partial charge in [-0.2, -0.15) is 0 Å². The van der Waals surface area contributed by atoms with Gasteiger partial charge in [-0.25, -0.2) is 0 Å². The molecule has 4 heteroatoms. The third-order valence-corrected chi connectivity index (χ3v) is 3.84. The second-order valence-corrected chi connectivity index (χ2v) is 5.81. The van der Waals surface area contributed by atoms with E-state index in [0.717, 1.165) is 25.3 Å². The Labute approximate surface area is 121 Å². The topological polar surface area (TPSA) is 44.4 Å². The molecule has 0 spiro atoms. The maximum absolute atomic E-state index is 12.2. The molecule has 110 valence electrons. The molecule has 1 aliphatic heterocycles. The van der Waals surface area contributed by atoms with Gasteiger partial charge in [-0.3, -0.25) is 9.69 Å². The summed E-state index contributed by atoms with van der Waals surface area (Å²) in [6.45, 7) is 9.75. The lowest BCUT2D eigenvalue weighted by Crippen LogP contribution is -2.52.